The highest BCUT2D eigenvalue weighted by Crippen LogP contribution is 2.17. The Hall–Kier alpha value is -0.770. The van der Waals surface area contributed by atoms with Crippen LogP contribution in [-0.4, -0.2) is 55.2 Å². The second kappa shape index (κ2) is 4.64. The minimum absolute atomic E-state index is 0.236. The van der Waals surface area contributed by atoms with Crippen LogP contribution in [0.25, 0.3) is 0 Å². The van der Waals surface area contributed by atoms with Crippen LogP contribution in [0.5, 0.6) is 0 Å². The number of carbonyl (C=O) groups excluding carboxylic acids is 1. The van der Waals surface area contributed by atoms with Crippen LogP contribution in [0.3, 0.4) is 0 Å². The van der Waals surface area contributed by atoms with E-state index in [2.05, 4.69) is 23.5 Å². The molecule has 1 atom stereocenters. The van der Waals surface area contributed by atoms with Crippen molar-refractivity contribution in [2.75, 3.05) is 27.2 Å². The Morgan fingerprint density at radius 1 is 1.57 bits per heavy atom. The van der Waals surface area contributed by atoms with E-state index in [0.717, 1.165) is 19.5 Å². The largest absolute Gasteiger partial charge is 0.453 e. The Morgan fingerprint density at radius 2 is 2.21 bits per heavy atom. The Morgan fingerprint density at radius 3 is 2.64 bits per heavy atom. The summed E-state index contributed by atoms with van der Waals surface area (Å²) in [4.78, 5) is 15.3. The van der Waals surface area contributed by atoms with Crippen LogP contribution >= 0.6 is 0 Å². The number of methoxy groups -OCH3 is 1. The number of rotatable bonds is 2. The van der Waals surface area contributed by atoms with Crippen molar-refractivity contribution in [3.05, 3.63) is 0 Å². The molecule has 1 fully saturated rings. The normalized spacial score (nSPS) is 22.8. The van der Waals surface area contributed by atoms with E-state index in [-0.39, 0.29) is 6.09 Å². The fourth-order valence-electron chi connectivity index (χ4n) is 1.85. The van der Waals surface area contributed by atoms with Crippen LogP contribution in [0.4, 0.5) is 4.79 Å². The molecule has 1 aliphatic rings. The van der Waals surface area contributed by atoms with Gasteiger partial charge in [0.25, 0.3) is 0 Å². The lowest BCUT2D eigenvalue weighted by molar-refractivity contribution is 0.117. The van der Waals surface area contributed by atoms with E-state index < -0.39 is 0 Å². The smallest absolute Gasteiger partial charge is 0.409 e. The lowest BCUT2D eigenvalue weighted by Crippen LogP contribution is -2.40. The summed E-state index contributed by atoms with van der Waals surface area (Å²) < 4.78 is 4.69. The molecule has 1 aliphatic heterocycles. The monoisotopic (exact) mass is 200 g/mol. The minimum atomic E-state index is -0.236. The predicted octanol–water partition coefficient (Wildman–Crippen LogP) is 1.17. The summed E-state index contributed by atoms with van der Waals surface area (Å²) >= 11 is 0. The second-order valence-electron chi connectivity index (χ2n) is 4.11. The Balaban J connectivity index is 2.45. The highest BCUT2D eigenvalue weighted by molar-refractivity contribution is 5.67. The maximum atomic E-state index is 11.3. The van der Waals surface area contributed by atoms with Crippen LogP contribution in [0, 0.1) is 0 Å². The van der Waals surface area contributed by atoms with Gasteiger partial charge in [0.05, 0.1) is 7.11 Å². The summed E-state index contributed by atoms with van der Waals surface area (Å²) in [5.74, 6) is 0. The quantitative estimate of drug-likeness (QED) is 0.670. The van der Waals surface area contributed by atoms with E-state index in [0.29, 0.717) is 12.1 Å². The molecule has 4 heteroatoms. The molecule has 0 N–H and O–H groups in total. The first-order chi connectivity index (χ1) is 6.56. The van der Waals surface area contributed by atoms with E-state index in [1.54, 1.807) is 11.9 Å². The van der Waals surface area contributed by atoms with Crippen molar-refractivity contribution in [1.29, 1.82) is 0 Å². The molecule has 1 rings (SSSR count). The number of hydrogen-bond donors (Lipinski definition) is 0. The third-order valence-corrected chi connectivity index (χ3v) is 2.94. The second-order valence-corrected chi connectivity index (χ2v) is 4.11. The van der Waals surface area contributed by atoms with Crippen molar-refractivity contribution >= 4 is 6.09 Å². The van der Waals surface area contributed by atoms with Gasteiger partial charge in [-0.2, -0.15) is 0 Å². The van der Waals surface area contributed by atoms with Crippen molar-refractivity contribution in [3.63, 3.8) is 0 Å². The molecule has 1 heterocycles. The number of likely N-dealkylation sites (tertiary alicyclic amines) is 1. The minimum Gasteiger partial charge on any atom is -0.453 e. The Labute approximate surface area is 85.8 Å². The first-order valence-electron chi connectivity index (χ1n) is 5.11. The number of amides is 1. The summed E-state index contributed by atoms with van der Waals surface area (Å²) in [5.41, 5.74) is 0. The topological polar surface area (TPSA) is 32.8 Å². The van der Waals surface area contributed by atoms with Crippen LogP contribution in [-0.2, 0) is 4.74 Å². The summed E-state index contributed by atoms with van der Waals surface area (Å²) in [6.45, 7) is 6.40. The summed E-state index contributed by atoms with van der Waals surface area (Å²) in [6.07, 6.45) is 0.810. The molecule has 0 bridgehead atoms. The molecule has 0 aliphatic carbocycles. The molecule has 0 aromatic heterocycles. The van der Waals surface area contributed by atoms with Crippen LogP contribution in [0.2, 0.25) is 0 Å². The number of hydrogen-bond acceptors (Lipinski definition) is 3. The van der Waals surface area contributed by atoms with E-state index in [9.17, 15) is 4.79 Å². The number of ether oxygens (including phenoxy) is 1. The van der Waals surface area contributed by atoms with E-state index in [1.807, 2.05) is 0 Å². The van der Waals surface area contributed by atoms with E-state index in [4.69, 9.17) is 0 Å². The summed E-state index contributed by atoms with van der Waals surface area (Å²) in [6, 6.07) is 0.871. The van der Waals surface area contributed by atoms with Crippen molar-refractivity contribution < 1.29 is 9.53 Å². The first-order valence-corrected chi connectivity index (χ1v) is 5.11. The summed E-state index contributed by atoms with van der Waals surface area (Å²) in [5, 5.41) is 0. The molecule has 0 aromatic carbocycles. The van der Waals surface area contributed by atoms with Gasteiger partial charge in [-0.1, -0.05) is 0 Å². The van der Waals surface area contributed by atoms with Crippen molar-refractivity contribution in [2.24, 2.45) is 0 Å². The van der Waals surface area contributed by atoms with Crippen LogP contribution < -0.4 is 0 Å². The zero-order chi connectivity index (χ0) is 10.7. The number of likely N-dealkylation sites (N-methyl/N-ethyl adjacent to an activating group) is 1. The Bertz CT molecular complexity index is 206. The van der Waals surface area contributed by atoms with Gasteiger partial charge in [-0.05, 0) is 20.3 Å². The van der Waals surface area contributed by atoms with Gasteiger partial charge in [-0.3, -0.25) is 4.90 Å². The van der Waals surface area contributed by atoms with Crippen molar-refractivity contribution in [1.82, 2.24) is 9.80 Å². The molecule has 82 valence electrons. The lowest BCUT2D eigenvalue weighted by Gasteiger charge is -2.25. The van der Waals surface area contributed by atoms with E-state index >= 15 is 0 Å². The highest BCUT2D eigenvalue weighted by Gasteiger charge is 2.29. The maximum absolute atomic E-state index is 11.3. The lowest BCUT2D eigenvalue weighted by atomic mass is 10.2. The maximum Gasteiger partial charge on any atom is 0.409 e. The third-order valence-electron chi connectivity index (χ3n) is 2.94. The standard InChI is InChI=1S/C10H20N2O2/c1-8(2)12-6-5-9(7-12)11(3)10(13)14-4/h8-9H,5-7H2,1-4H3. The SMILES string of the molecule is COC(=O)N(C)C1CCN(C(C)C)C1. The molecule has 4 nitrogen and oxygen atoms in total. The molecule has 0 aromatic rings. The molecule has 1 unspecified atom stereocenters. The molecule has 0 spiro atoms. The Kier molecular flexibility index (Phi) is 3.75. The van der Waals surface area contributed by atoms with Crippen molar-refractivity contribution in [2.45, 2.75) is 32.4 Å². The fraction of sp³-hybridized carbons (Fsp3) is 0.900. The average Bonchev–Trinajstić information content (AvgIpc) is 2.64. The summed E-state index contributed by atoms with van der Waals surface area (Å²) in [7, 11) is 3.23. The van der Waals surface area contributed by atoms with Gasteiger partial charge in [-0.25, -0.2) is 4.79 Å². The molecular formula is C10H20N2O2. The van der Waals surface area contributed by atoms with Gasteiger partial charge in [0, 0.05) is 32.2 Å². The van der Waals surface area contributed by atoms with Gasteiger partial charge >= 0.3 is 6.09 Å². The van der Waals surface area contributed by atoms with Crippen LogP contribution in [0.1, 0.15) is 20.3 Å². The van der Waals surface area contributed by atoms with Gasteiger partial charge in [0.15, 0.2) is 0 Å². The molecule has 1 amide bonds. The number of carbonyl (C=O) groups is 1. The highest BCUT2D eigenvalue weighted by atomic mass is 16.5. The fourth-order valence-corrected chi connectivity index (χ4v) is 1.85. The zero-order valence-corrected chi connectivity index (χ0v) is 9.49. The molecule has 0 saturated carbocycles. The first kappa shape index (κ1) is 11.3. The molecule has 1 saturated heterocycles. The van der Waals surface area contributed by atoms with Crippen LogP contribution in [0.15, 0.2) is 0 Å². The van der Waals surface area contributed by atoms with Gasteiger partial charge < -0.3 is 9.64 Å². The molecule has 0 radical (unpaired) electrons. The van der Waals surface area contributed by atoms with Crippen molar-refractivity contribution in [3.8, 4) is 0 Å². The number of nitrogens with zero attached hydrogens (tertiary/aromatic N) is 2. The zero-order valence-electron chi connectivity index (χ0n) is 9.49. The molecular weight excluding hydrogens is 180 g/mol. The van der Waals surface area contributed by atoms with Gasteiger partial charge in [0.2, 0.25) is 0 Å². The average molecular weight is 200 g/mol. The van der Waals surface area contributed by atoms with Gasteiger partial charge in [-0.15, -0.1) is 0 Å². The predicted molar refractivity (Wildman–Crippen MR) is 55.3 cm³/mol. The third kappa shape index (κ3) is 2.38. The molecule has 14 heavy (non-hydrogen) atoms. The van der Waals surface area contributed by atoms with E-state index in [1.165, 1.54) is 7.11 Å². The van der Waals surface area contributed by atoms with Gasteiger partial charge in [0.1, 0.15) is 0 Å².